The van der Waals surface area contributed by atoms with E-state index in [-0.39, 0.29) is 18.0 Å². The molecule has 1 amide bonds. The van der Waals surface area contributed by atoms with E-state index >= 15 is 0 Å². The van der Waals surface area contributed by atoms with E-state index in [9.17, 15) is 14.9 Å². The van der Waals surface area contributed by atoms with Gasteiger partial charge >= 0.3 is 5.69 Å². The Bertz CT molecular complexity index is 746. The van der Waals surface area contributed by atoms with Crippen molar-refractivity contribution in [3.8, 4) is 5.75 Å². The van der Waals surface area contributed by atoms with Crippen LogP contribution in [0, 0.1) is 10.1 Å². The molecule has 120 valence electrons. The Hall–Kier alpha value is -2.26. The van der Waals surface area contributed by atoms with Crippen LogP contribution in [-0.4, -0.2) is 23.1 Å². The molecule has 1 heterocycles. The van der Waals surface area contributed by atoms with E-state index < -0.39 is 10.8 Å². The summed E-state index contributed by atoms with van der Waals surface area (Å²) in [4.78, 5) is 23.0. The molecule has 2 rings (SSSR count). The van der Waals surface area contributed by atoms with E-state index in [0.717, 1.165) is 4.88 Å². The Morgan fingerprint density at radius 3 is 2.91 bits per heavy atom. The highest BCUT2D eigenvalue weighted by molar-refractivity contribution is 9.10. The molecule has 0 fully saturated rings. The number of ether oxygens (including phenoxy) is 1. The Morgan fingerprint density at radius 2 is 2.26 bits per heavy atom. The zero-order valence-corrected chi connectivity index (χ0v) is 14.4. The van der Waals surface area contributed by atoms with Crippen LogP contribution >= 0.6 is 27.3 Å². The van der Waals surface area contributed by atoms with Crippen LogP contribution in [-0.2, 0) is 4.79 Å². The minimum absolute atomic E-state index is 0.0207. The lowest BCUT2D eigenvalue weighted by molar-refractivity contribution is -0.385. The summed E-state index contributed by atoms with van der Waals surface area (Å²) in [5.41, 5.74) is 2.80. The van der Waals surface area contributed by atoms with Crippen LogP contribution in [0.5, 0.6) is 5.75 Å². The first-order chi connectivity index (χ1) is 11.0. The Morgan fingerprint density at radius 1 is 1.48 bits per heavy atom. The second kappa shape index (κ2) is 7.84. The van der Waals surface area contributed by atoms with E-state index in [1.165, 1.54) is 23.5 Å². The third kappa shape index (κ3) is 4.86. The summed E-state index contributed by atoms with van der Waals surface area (Å²) in [5.74, 6) is -0.481. The van der Waals surface area contributed by atoms with Gasteiger partial charge in [0.05, 0.1) is 10.6 Å². The molecule has 7 nitrogen and oxygen atoms in total. The van der Waals surface area contributed by atoms with Crippen molar-refractivity contribution in [2.24, 2.45) is 5.10 Å². The quantitative estimate of drug-likeness (QED) is 0.459. The average Bonchev–Trinajstić information content (AvgIpc) is 3.05. The van der Waals surface area contributed by atoms with E-state index in [2.05, 4.69) is 26.5 Å². The minimum atomic E-state index is -0.572. The van der Waals surface area contributed by atoms with Crippen LogP contribution in [0.15, 0.2) is 45.3 Å². The molecule has 2 aromatic rings. The van der Waals surface area contributed by atoms with Crippen molar-refractivity contribution in [3.63, 3.8) is 0 Å². The van der Waals surface area contributed by atoms with Gasteiger partial charge < -0.3 is 4.74 Å². The summed E-state index contributed by atoms with van der Waals surface area (Å²) in [6.45, 7) is 1.40. The molecule has 23 heavy (non-hydrogen) atoms. The van der Waals surface area contributed by atoms with E-state index in [1.54, 1.807) is 13.0 Å². The van der Waals surface area contributed by atoms with Gasteiger partial charge in [-0.2, -0.15) is 5.10 Å². The van der Waals surface area contributed by atoms with Crippen LogP contribution < -0.4 is 10.2 Å². The largest absolute Gasteiger partial charge is 0.477 e. The van der Waals surface area contributed by atoms with Gasteiger partial charge in [0.25, 0.3) is 5.91 Å². The van der Waals surface area contributed by atoms with Crippen molar-refractivity contribution in [1.82, 2.24) is 5.43 Å². The summed E-state index contributed by atoms with van der Waals surface area (Å²) in [6, 6.07) is 8.11. The number of halogens is 1. The molecule has 0 radical (unpaired) electrons. The Balaban J connectivity index is 1.95. The summed E-state index contributed by atoms with van der Waals surface area (Å²) in [5, 5.41) is 16.8. The minimum Gasteiger partial charge on any atom is -0.477 e. The molecule has 0 atom stereocenters. The number of hydrogen-bond donors (Lipinski definition) is 1. The lowest BCUT2D eigenvalue weighted by Gasteiger charge is -2.06. The van der Waals surface area contributed by atoms with Crippen LogP contribution in [0.1, 0.15) is 11.8 Å². The van der Waals surface area contributed by atoms with Gasteiger partial charge in [0.2, 0.25) is 0 Å². The molecule has 0 aliphatic heterocycles. The zero-order chi connectivity index (χ0) is 16.8. The number of nitro benzene ring substituents is 1. The molecule has 1 N–H and O–H groups in total. The number of hydrogen-bond acceptors (Lipinski definition) is 6. The molecule has 0 saturated carbocycles. The Kier molecular flexibility index (Phi) is 5.83. The lowest BCUT2D eigenvalue weighted by Crippen LogP contribution is -2.25. The molecule has 0 aliphatic carbocycles. The molecule has 9 heteroatoms. The summed E-state index contributed by atoms with van der Waals surface area (Å²) in [7, 11) is 0. The first-order valence-corrected chi connectivity index (χ1v) is 8.08. The first-order valence-electron chi connectivity index (χ1n) is 6.41. The van der Waals surface area contributed by atoms with Crippen LogP contribution in [0.4, 0.5) is 5.69 Å². The van der Waals surface area contributed by atoms with Gasteiger partial charge in [-0.1, -0.05) is 22.0 Å². The maximum atomic E-state index is 11.7. The third-order valence-electron chi connectivity index (χ3n) is 2.70. The lowest BCUT2D eigenvalue weighted by atomic mass is 10.3. The predicted octanol–water partition coefficient (Wildman–Crippen LogP) is 3.34. The van der Waals surface area contributed by atoms with Gasteiger partial charge in [0, 0.05) is 15.4 Å². The number of rotatable bonds is 6. The molecule has 0 saturated heterocycles. The summed E-state index contributed by atoms with van der Waals surface area (Å²) >= 11 is 4.65. The molecular formula is C14H12BrN3O4S. The molecule has 1 aromatic heterocycles. The fourth-order valence-electron chi connectivity index (χ4n) is 1.62. The van der Waals surface area contributed by atoms with Gasteiger partial charge in [-0.3, -0.25) is 14.9 Å². The van der Waals surface area contributed by atoms with Crippen molar-refractivity contribution in [3.05, 3.63) is 55.2 Å². The number of thiophene rings is 1. The number of carbonyl (C=O) groups is 1. The van der Waals surface area contributed by atoms with Crippen LogP contribution in [0.3, 0.4) is 0 Å². The summed E-state index contributed by atoms with van der Waals surface area (Å²) < 4.78 is 5.75. The number of benzene rings is 1. The molecule has 1 aromatic carbocycles. The second-order valence-corrected chi connectivity index (χ2v) is 6.23. The average molecular weight is 398 g/mol. The maximum absolute atomic E-state index is 11.7. The van der Waals surface area contributed by atoms with Gasteiger partial charge in [0.15, 0.2) is 12.4 Å². The SMILES string of the molecule is C/C(=N\NC(=O)COc1ccc(Br)cc1[N+](=O)[O-])c1cccs1. The van der Waals surface area contributed by atoms with Crippen molar-refractivity contribution >= 4 is 44.6 Å². The number of amides is 1. The van der Waals surface area contributed by atoms with Gasteiger partial charge in [-0.05, 0) is 30.5 Å². The van der Waals surface area contributed by atoms with Gasteiger partial charge in [-0.25, -0.2) is 5.43 Å². The van der Waals surface area contributed by atoms with E-state index in [0.29, 0.717) is 10.2 Å². The number of carbonyl (C=O) groups excluding carboxylic acids is 1. The van der Waals surface area contributed by atoms with Crippen molar-refractivity contribution in [1.29, 1.82) is 0 Å². The van der Waals surface area contributed by atoms with Gasteiger partial charge in [-0.15, -0.1) is 11.3 Å². The van der Waals surface area contributed by atoms with E-state index in [1.807, 2.05) is 17.5 Å². The van der Waals surface area contributed by atoms with Crippen LogP contribution in [0.25, 0.3) is 0 Å². The van der Waals surface area contributed by atoms with Crippen molar-refractivity contribution in [2.45, 2.75) is 6.92 Å². The van der Waals surface area contributed by atoms with Gasteiger partial charge in [0.1, 0.15) is 0 Å². The molecule has 0 unspecified atom stereocenters. The number of hydrazone groups is 1. The van der Waals surface area contributed by atoms with E-state index in [4.69, 9.17) is 4.74 Å². The number of nitrogens with one attached hydrogen (secondary N) is 1. The standard InChI is InChI=1S/C14H12BrN3O4S/c1-9(13-3-2-6-23-13)16-17-14(19)8-22-12-5-4-10(15)7-11(12)18(20)21/h2-7H,8H2,1H3,(H,17,19)/b16-9+. The Labute approximate surface area is 144 Å². The fourth-order valence-corrected chi connectivity index (χ4v) is 2.64. The van der Waals surface area contributed by atoms with Crippen molar-refractivity contribution in [2.75, 3.05) is 6.61 Å². The third-order valence-corrected chi connectivity index (χ3v) is 4.17. The number of nitrogens with zero attached hydrogens (tertiary/aromatic N) is 2. The molecule has 0 aliphatic rings. The maximum Gasteiger partial charge on any atom is 0.312 e. The zero-order valence-electron chi connectivity index (χ0n) is 12.0. The molecule has 0 spiro atoms. The fraction of sp³-hybridized carbons (Fsp3) is 0.143. The highest BCUT2D eigenvalue weighted by atomic mass is 79.9. The highest BCUT2D eigenvalue weighted by Gasteiger charge is 2.16. The topological polar surface area (TPSA) is 93.8 Å². The molecule has 0 bridgehead atoms. The highest BCUT2D eigenvalue weighted by Crippen LogP contribution is 2.29. The molecular weight excluding hydrogens is 386 g/mol. The monoisotopic (exact) mass is 397 g/mol. The summed E-state index contributed by atoms with van der Waals surface area (Å²) in [6.07, 6.45) is 0. The first kappa shape index (κ1) is 17.1. The second-order valence-electron chi connectivity index (χ2n) is 4.37. The normalized spacial score (nSPS) is 11.1. The smallest absolute Gasteiger partial charge is 0.312 e. The van der Waals surface area contributed by atoms with Crippen LogP contribution in [0.2, 0.25) is 0 Å². The number of nitro groups is 1. The predicted molar refractivity (Wildman–Crippen MR) is 91.0 cm³/mol. The van der Waals surface area contributed by atoms with Crippen molar-refractivity contribution < 1.29 is 14.5 Å².